The van der Waals surface area contributed by atoms with Gasteiger partial charge in [0, 0.05) is 18.0 Å². The molecule has 6 nitrogen and oxygen atoms in total. The average molecular weight is 356 g/mol. The number of carbonyl (C=O) groups is 1. The summed E-state index contributed by atoms with van der Waals surface area (Å²) in [6, 6.07) is 2.74. The van der Waals surface area contributed by atoms with Gasteiger partial charge in [0.1, 0.15) is 4.21 Å². The Hall–Kier alpha value is -0.670. The first-order chi connectivity index (χ1) is 9.24. The minimum absolute atomic E-state index is 0. The number of halogens is 1. The predicted molar refractivity (Wildman–Crippen MR) is 87.3 cm³/mol. The Kier molecular flexibility index (Phi) is 8.42. The molecule has 0 saturated heterocycles. The summed E-state index contributed by atoms with van der Waals surface area (Å²) in [4.78, 5) is 12.5. The molecule has 122 valence electrons. The quantitative estimate of drug-likeness (QED) is 0.631. The summed E-state index contributed by atoms with van der Waals surface area (Å²) in [7, 11) is -3.49. The highest BCUT2D eigenvalue weighted by molar-refractivity contribution is 7.91. The van der Waals surface area contributed by atoms with Crippen molar-refractivity contribution in [2.24, 2.45) is 11.7 Å². The maximum Gasteiger partial charge on any atom is 0.250 e. The fourth-order valence-electron chi connectivity index (χ4n) is 1.42. The summed E-state index contributed by atoms with van der Waals surface area (Å²) in [5, 5.41) is 2.61. The van der Waals surface area contributed by atoms with Gasteiger partial charge < -0.3 is 11.1 Å². The summed E-state index contributed by atoms with van der Waals surface area (Å²) >= 11 is 1.21. The van der Waals surface area contributed by atoms with Gasteiger partial charge in [0.25, 0.3) is 0 Å². The van der Waals surface area contributed by atoms with E-state index in [-0.39, 0.29) is 41.5 Å². The summed E-state index contributed by atoms with van der Waals surface area (Å²) in [5.41, 5.74) is 5.67. The molecule has 1 rings (SSSR count). The molecule has 0 fully saturated rings. The van der Waals surface area contributed by atoms with Crippen molar-refractivity contribution in [3.05, 3.63) is 17.0 Å². The molecular weight excluding hydrogens is 334 g/mol. The molecule has 21 heavy (non-hydrogen) atoms. The van der Waals surface area contributed by atoms with E-state index in [1.54, 1.807) is 12.1 Å². The first-order valence-electron chi connectivity index (χ1n) is 6.33. The Bertz CT molecular complexity index is 558. The molecule has 0 spiro atoms. The smallest absolute Gasteiger partial charge is 0.250 e. The van der Waals surface area contributed by atoms with Crippen molar-refractivity contribution in [2.75, 3.05) is 13.1 Å². The molecule has 1 aromatic rings. The maximum atomic E-state index is 11.9. The van der Waals surface area contributed by atoms with Crippen molar-refractivity contribution in [1.82, 2.24) is 10.0 Å². The van der Waals surface area contributed by atoms with Crippen molar-refractivity contribution in [3.63, 3.8) is 0 Å². The second-order valence-corrected chi connectivity index (χ2v) is 8.11. The van der Waals surface area contributed by atoms with Crippen LogP contribution in [0.2, 0.25) is 0 Å². The third kappa shape index (κ3) is 6.31. The molecule has 1 heterocycles. The lowest BCUT2D eigenvalue weighted by Gasteiger charge is -2.15. The van der Waals surface area contributed by atoms with Gasteiger partial charge in [-0.25, -0.2) is 13.1 Å². The zero-order chi connectivity index (χ0) is 15.3. The van der Waals surface area contributed by atoms with Crippen LogP contribution in [0.15, 0.2) is 16.3 Å². The van der Waals surface area contributed by atoms with Gasteiger partial charge in [-0.2, -0.15) is 0 Å². The highest BCUT2D eigenvalue weighted by atomic mass is 35.5. The number of hydrogen-bond acceptors (Lipinski definition) is 5. The molecule has 0 aliphatic carbocycles. The van der Waals surface area contributed by atoms with E-state index >= 15 is 0 Å². The molecular formula is C12H22ClN3O3S2. The van der Waals surface area contributed by atoms with Gasteiger partial charge in [-0.1, -0.05) is 13.8 Å². The van der Waals surface area contributed by atoms with Crippen LogP contribution in [-0.2, 0) is 14.8 Å². The standard InChI is InChI=1S/C12H21N3O3S2.ClH/c1-8(2)11(13)12(16)14-6-7-15-20(17,18)10-5-4-9(3)19-10;/h4-5,8,11,15H,6-7,13H2,1-3H3,(H,14,16);1H/t11-;/m0./s1. The van der Waals surface area contributed by atoms with Crippen molar-refractivity contribution in [2.45, 2.75) is 31.0 Å². The summed E-state index contributed by atoms with van der Waals surface area (Å²) in [6.07, 6.45) is 0. The Morgan fingerprint density at radius 3 is 2.43 bits per heavy atom. The van der Waals surface area contributed by atoms with E-state index in [0.29, 0.717) is 0 Å². The van der Waals surface area contributed by atoms with Gasteiger partial charge in [-0.05, 0) is 25.0 Å². The molecule has 0 unspecified atom stereocenters. The van der Waals surface area contributed by atoms with E-state index < -0.39 is 16.1 Å². The lowest BCUT2D eigenvalue weighted by molar-refractivity contribution is -0.123. The van der Waals surface area contributed by atoms with E-state index in [4.69, 9.17) is 5.73 Å². The maximum absolute atomic E-state index is 11.9. The molecule has 0 saturated carbocycles. The van der Waals surface area contributed by atoms with Gasteiger partial charge in [-0.3, -0.25) is 4.79 Å². The molecule has 0 bridgehead atoms. The summed E-state index contributed by atoms with van der Waals surface area (Å²) in [5.74, 6) is -0.230. The van der Waals surface area contributed by atoms with E-state index in [1.165, 1.54) is 11.3 Å². The number of thiophene rings is 1. The number of rotatable bonds is 7. The van der Waals surface area contributed by atoms with E-state index in [9.17, 15) is 13.2 Å². The Morgan fingerprint density at radius 2 is 1.95 bits per heavy atom. The third-order valence-corrected chi connectivity index (χ3v) is 5.67. The molecule has 1 atom stereocenters. The van der Waals surface area contributed by atoms with Crippen LogP contribution in [0.5, 0.6) is 0 Å². The number of amides is 1. The number of nitrogens with one attached hydrogen (secondary N) is 2. The van der Waals surface area contributed by atoms with Crippen LogP contribution in [-0.4, -0.2) is 33.5 Å². The lowest BCUT2D eigenvalue weighted by Crippen LogP contribution is -2.46. The first-order valence-corrected chi connectivity index (χ1v) is 8.63. The molecule has 0 aromatic carbocycles. The van der Waals surface area contributed by atoms with Gasteiger partial charge >= 0.3 is 0 Å². The van der Waals surface area contributed by atoms with Crippen LogP contribution in [0.3, 0.4) is 0 Å². The Balaban J connectivity index is 0.00000400. The fraction of sp³-hybridized carbons (Fsp3) is 0.583. The topological polar surface area (TPSA) is 101 Å². The molecule has 0 radical (unpaired) electrons. The van der Waals surface area contributed by atoms with Crippen LogP contribution >= 0.6 is 23.7 Å². The number of sulfonamides is 1. The van der Waals surface area contributed by atoms with Crippen LogP contribution in [0.25, 0.3) is 0 Å². The predicted octanol–water partition coefficient (Wildman–Crippen LogP) is 0.856. The molecule has 9 heteroatoms. The van der Waals surface area contributed by atoms with E-state index in [2.05, 4.69) is 10.0 Å². The van der Waals surface area contributed by atoms with Crippen LogP contribution in [0, 0.1) is 12.8 Å². The van der Waals surface area contributed by atoms with Gasteiger partial charge in [0.05, 0.1) is 6.04 Å². The number of aryl methyl sites for hydroxylation is 1. The highest BCUT2D eigenvalue weighted by Gasteiger charge is 2.18. The SMILES string of the molecule is Cc1ccc(S(=O)(=O)NCCNC(=O)[C@@H](N)C(C)C)s1.Cl. The summed E-state index contributed by atoms with van der Waals surface area (Å²) < 4.78 is 26.5. The molecule has 1 aromatic heterocycles. The van der Waals surface area contributed by atoms with Crippen molar-refractivity contribution < 1.29 is 13.2 Å². The van der Waals surface area contributed by atoms with Crippen molar-refractivity contribution >= 4 is 39.7 Å². The second kappa shape index (κ2) is 8.70. The molecule has 0 aliphatic rings. The Labute approximate surface area is 136 Å². The Morgan fingerprint density at radius 1 is 1.33 bits per heavy atom. The van der Waals surface area contributed by atoms with Crippen LogP contribution in [0.4, 0.5) is 0 Å². The molecule has 0 aliphatic heterocycles. The van der Waals surface area contributed by atoms with Crippen molar-refractivity contribution in [1.29, 1.82) is 0 Å². The largest absolute Gasteiger partial charge is 0.353 e. The van der Waals surface area contributed by atoms with Gasteiger partial charge in [-0.15, -0.1) is 23.7 Å². The van der Waals surface area contributed by atoms with E-state index in [1.807, 2.05) is 20.8 Å². The lowest BCUT2D eigenvalue weighted by atomic mass is 10.1. The first kappa shape index (κ1) is 20.3. The molecule has 4 N–H and O–H groups in total. The molecule has 1 amide bonds. The zero-order valence-corrected chi connectivity index (χ0v) is 14.7. The van der Waals surface area contributed by atoms with Crippen molar-refractivity contribution in [3.8, 4) is 0 Å². The minimum atomic E-state index is -3.49. The monoisotopic (exact) mass is 355 g/mol. The van der Waals surface area contributed by atoms with Crippen LogP contribution in [0.1, 0.15) is 18.7 Å². The number of hydrogen-bond donors (Lipinski definition) is 3. The normalized spacial score (nSPS) is 12.8. The second-order valence-electron chi connectivity index (χ2n) is 4.82. The van der Waals surface area contributed by atoms with Crippen LogP contribution < -0.4 is 15.8 Å². The number of carbonyl (C=O) groups excluding carboxylic acids is 1. The number of nitrogens with two attached hydrogens (primary N) is 1. The third-order valence-electron chi connectivity index (χ3n) is 2.72. The van der Waals surface area contributed by atoms with Gasteiger partial charge in [0.2, 0.25) is 15.9 Å². The fourth-order valence-corrected chi connectivity index (χ4v) is 3.78. The zero-order valence-electron chi connectivity index (χ0n) is 12.3. The van der Waals surface area contributed by atoms with E-state index in [0.717, 1.165) is 4.88 Å². The average Bonchev–Trinajstić information content (AvgIpc) is 2.80. The van der Waals surface area contributed by atoms with Gasteiger partial charge in [0.15, 0.2) is 0 Å². The summed E-state index contributed by atoms with van der Waals surface area (Å²) in [6.45, 7) is 5.90. The minimum Gasteiger partial charge on any atom is -0.353 e. The highest BCUT2D eigenvalue weighted by Crippen LogP contribution is 2.19.